The Morgan fingerprint density at radius 3 is 1.15 bits per heavy atom. The van der Waals surface area contributed by atoms with E-state index in [1.54, 1.807) is 0 Å². The molecule has 34 heavy (non-hydrogen) atoms. The van der Waals surface area contributed by atoms with Gasteiger partial charge in [-0.15, -0.1) is 0 Å². The van der Waals surface area contributed by atoms with E-state index in [1.165, 1.54) is 33.5 Å². The molecule has 0 aliphatic heterocycles. The summed E-state index contributed by atoms with van der Waals surface area (Å²) in [6, 6.07) is 4.88. The fourth-order valence-corrected chi connectivity index (χ4v) is 3.38. The molecule has 0 amide bonds. The number of carboxylic acid groups (broad SMARTS) is 1. The number of aromatic carboxylic acids is 1. The molecule has 0 aromatic heterocycles. The van der Waals surface area contributed by atoms with Gasteiger partial charge in [0.25, 0.3) is 0 Å². The molecule has 2 aromatic carbocycles. The SMILES string of the molecule is C.COC(=O)c1c(Cl)cc(C(=O)O)cc1Cl.COC(=O)c1cc(Cl)c(C(=O)OC)c(Cl)c1.[Li+].[OH-]. The van der Waals surface area contributed by atoms with Crippen LogP contribution in [0.2, 0.25) is 20.1 Å². The third-order valence-corrected chi connectivity index (χ3v) is 4.72. The number of rotatable bonds is 4. The van der Waals surface area contributed by atoms with Crippen LogP contribution in [0.1, 0.15) is 48.9 Å². The van der Waals surface area contributed by atoms with Gasteiger partial charge >= 0.3 is 42.7 Å². The first-order chi connectivity index (χ1) is 14.5. The Hall–Kier alpha value is -1.96. The van der Waals surface area contributed by atoms with Gasteiger partial charge in [-0.05, 0) is 24.3 Å². The number of carboxylic acids is 1. The first kappa shape index (κ1) is 36.6. The molecule has 0 heterocycles. The van der Waals surface area contributed by atoms with Crippen LogP contribution in [0.3, 0.4) is 0 Å². The van der Waals surface area contributed by atoms with E-state index >= 15 is 0 Å². The number of hydrogen-bond donors (Lipinski definition) is 1. The Bertz CT molecular complexity index is 999. The van der Waals surface area contributed by atoms with Crippen LogP contribution in [0, 0.1) is 0 Å². The van der Waals surface area contributed by atoms with Crippen molar-refractivity contribution in [3.63, 3.8) is 0 Å². The van der Waals surface area contributed by atoms with Crippen LogP contribution in [0.4, 0.5) is 0 Å². The van der Waals surface area contributed by atoms with Gasteiger partial charge in [-0.25, -0.2) is 19.2 Å². The van der Waals surface area contributed by atoms with Crippen molar-refractivity contribution >= 4 is 70.3 Å². The average Bonchev–Trinajstić information content (AvgIpc) is 2.71. The monoisotopic (exact) mass is 550 g/mol. The van der Waals surface area contributed by atoms with Crippen molar-refractivity contribution < 1.29 is 62.8 Å². The molecule has 182 valence electrons. The molecule has 0 atom stereocenters. The Morgan fingerprint density at radius 1 is 0.647 bits per heavy atom. The fraction of sp³-hybridized carbons (Fsp3) is 0.200. The molecule has 0 fully saturated rings. The van der Waals surface area contributed by atoms with Crippen LogP contribution < -0.4 is 18.9 Å². The Kier molecular flexibility index (Phi) is 17.9. The normalized spacial score (nSPS) is 8.91. The van der Waals surface area contributed by atoms with E-state index in [0.717, 1.165) is 12.1 Å². The standard InChI is InChI=1S/C10H8Cl2O4.C9H6Cl2O4.CH4.Li.H2O/c1-15-9(13)5-3-6(11)8(7(12)4-5)10(14)16-2;1-15-9(14)7-5(10)2-4(8(12)13)3-6(7)11;;;/h3-4H,1-2H3;2-3H,1H3,(H,12,13);1H4;;1H2/q;;;+1;/p-1. The molecular weight excluding hydrogens is 533 g/mol. The zero-order valence-corrected chi connectivity index (χ0v) is 20.6. The van der Waals surface area contributed by atoms with Crippen molar-refractivity contribution in [2.75, 3.05) is 21.3 Å². The van der Waals surface area contributed by atoms with Crippen LogP contribution in [0.15, 0.2) is 24.3 Å². The number of ether oxygens (including phenoxy) is 3. The summed E-state index contributed by atoms with van der Waals surface area (Å²) < 4.78 is 13.4. The second-order valence-electron chi connectivity index (χ2n) is 5.41. The predicted molar refractivity (Wildman–Crippen MR) is 123 cm³/mol. The third kappa shape index (κ3) is 9.35. The van der Waals surface area contributed by atoms with Crippen LogP contribution in [0.25, 0.3) is 0 Å². The second-order valence-corrected chi connectivity index (χ2v) is 7.04. The summed E-state index contributed by atoms with van der Waals surface area (Å²) in [6.07, 6.45) is 0. The largest absolute Gasteiger partial charge is 1.00 e. The van der Waals surface area contributed by atoms with Crippen molar-refractivity contribution in [1.29, 1.82) is 0 Å². The van der Waals surface area contributed by atoms with E-state index in [4.69, 9.17) is 51.5 Å². The maximum absolute atomic E-state index is 11.3. The number of methoxy groups -OCH3 is 3. The molecule has 14 heteroatoms. The number of carbonyl (C=O) groups excluding carboxylic acids is 3. The van der Waals surface area contributed by atoms with E-state index in [0.29, 0.717) is 0 Å². The minimum atomic E-state index is -1.17. The predicted octanol–water partition coefficient (Wildman–Crippen LogP) is 2.51. The molecule has 0 bridgehead atoms. The van der Waals surface area contributed by atoms with E-state index < -0.39 is 23.9 Å². The molecule has 0 unspecified atom stereocenters. The van der Waals surface area contributed by atoms with E-state index in [1.807, 2.05) is 0 Å². The molecule has 0 saturated carbocycles. The molecule has 0 aliphatic carbocycles. The summed E-state index contributed by atoms with van der Waals surface area (Å²) in [5.41, 5.74) is 0.0760. The summed E-state index contributed by atoms with van der Waals surface area (Å²) in [6.45, 7) is 0. The molecule has 9 nitrogen and oxygen atoms in total. The average molecular weight is 552 g/mol. The number of benzene rings is 2. The van der Waals surface area contributed by atoms with Crippen LogP contribution >= 0.6 is 46.4 Å². The van der Waals surface area contributed by atoms with Gasteiger partial charge in [-0.1, -0.05) is 53.8 Å². The summed E-state index contributed by atoms with van der Waals surface area (Å²) in [4.78, 5) is 44.3. The molecule has 0 radical (unpaired) electrons. The molecule has 0 aliphatic rings. The topological polar surface area (TPSA) is 146 Å². The molecule has 0 saturated heterocycles. The summed E-state index contributed by atoms with van der Waals surface area (Å²) in [5, 5.41) is 8.67. The molecule has 2 aromatic rings. The first-order valence-corrected chi connectivity index (χ1v) is 9.45. The molecule has 0 spiro atoms. The second kappa shape index (κ2) is 16.6. The van der Waals surface area contributed by atoms with E-state index in [9.17, 15) is 19.2 Å². The summed E-state index contributed by atoms with van der Waals surface area (Å²) in [5.74, 6) is -3.12. The minimum absolute atomic E-state index is 0. The van der Waals surface area contributed by atoms with Gasteiger partial charge in [0.1, 0.15) is 0 Å². The number of esters is 3. The van der Waals surface area contributed by atoms with Crippen molar-refractivity contribution in [1.82, 2.24) is 0 Å². The number of hydrogen-bond acceptors (Lipinski definition) is 8. The minimum Gasteiger partial charge on any atom is -0.870 e. The fourth-order valence-electron chi connectivity index (χ4n) is 2.10. The smallest absolute Gasteiger partial charge is 0.870 e. The zero-order valence-electron chi connectivity index (χ0n) is 17.6. The zero-order chi connectivity index (χ0) is 23.9. The maximum Gasteiger partial charge on any atom is 1.00 e. The number of carbonyl (C=O) groups is 4. The Balaban J connectivity index is -0.000000520. The Labute approximate surface area is 227 Å². The molecule has 2 rings (SSSR count). The van der Waals surface area contributed by atoms with Gasteiger partial charge in [0.05, 0.1) is 63.7 Å². The molecule has 2 N–H and O–H groups in total. The van der Waals surface area contributed by atoms with Gasteiger partial charge in [0.15, 0.2) is 0 Å². The maximum atomic E-state index is 11.3. The summed E-state index contributed by atoms with van der Waals surface area (Å²) in [7, 11) is 3.63. The number of halogens is 4. The van der Waals surface area contributed by atoms with Gasteiger partial charge in [-0.3, -0.25) is 0 Å². The van der Waals surface area contributed by atoms with Crippen LogP contribution in [0.5, 0.6) is 0 Å². The van der Waals surface area contributed by atoms with Gasteiger partial charge in [0, 0.05) is 0 Å². The van der Waals surface area contributed by atoms with Crippen molar-refractivity contribution in [2.45, 2.75) is 7.43 Å². The van der Waals surface area contributed by atoms with Gasteiger partial charge in [0.2, 0.25) is 0 Å². The van der Waals surface area contributed by atoms with Gasteiger partial charge in [-0.2, -0.15) is 0 Å². The van der Waals surface area contributed by atoms with Crippen molar-refractivity contribution in [3.8, 4) is 0 Å². The first-order valence-electron chi connectivity index (χ1n) is 7.94. The van der Waals surface area contributed by atoms with Crippen LogP contribution in [-0.4, -0.2) is 55.8 Å². The van der Waals surface area contributed by atoms with E-state index in [2.05, 4.69) is 14.2 Å². The van der Waals surface area contributed by atoms with Gasteiger partial charge < -0.3 is 24.8 Å². The molecular formula is C20H19Cl4LiO9. The summed E-state index contributed by atoms with van der Waals surface area (Å²) >= 11 is 23.0. The third-order valence-electron chi connectivity index (χ3n) is 3.53. The van der Waals surface area contributed by atoms with Crippen LogP contribution in [-0.2, 0) is 14.2 Å². The van der Waals surface area contributed by atoms with E-state index in [-0.39, 0.29) is 74.1 Å². The van der Waals surface area contributed by atoms with Crippen molar-refractivity contribution in [3.05, 3.63) is 66.6 Å². The quantitative estimate of drug-likeness (QED) is 0.344. The Morgan fingerprint density at radius 2 is 0.912 bits per heavy atom. The van der Waals surface area contributed by atoms with Crippen molar-refractivity contribution in [2.24, 2.45) is 0 Å².